The number of rotatable bonds is 1. The molecule has 0 spiro atoms. The van der Waals surface area contributed by atoms with Crippen molar-refractivity contribution < 1.29 is 4.92 Å². The molecule has 0 unspecified atom stereocenters. The predicted octanol–water partition coefficient (Wildman–Crippen LogP) is 2.61. The molecule has 0 N–H and O–H groups in total. The Kier molecular flexibility index (Phi) is 2.44. The van der Waals surface area contributed by atoms with Crippen molar-refractivity contribution in [3.05, 3.63) is 31.9 Å². The molecule has 0 saturated heterocycles. The van der Waals surface area contributed by atoms with Crippen molar-refractivity contribution in [2.45, 2.75) is 19.8 Å². The summed E-state index contributed by atoms with van der Waals surface area (Å²) in [4.78, 5) is 10.0. The lowest BCUT2D eigenvalue weighted by atomic mass is 10.1. The van der Waals surface area contributed by atoms with E-state index in [9.17, 15) is 10.1 Å². The zero-order valence-electron chi connectivity index (χ0n) is 6.13. The van der Waals surface area contributed by atoms with Crippen molar-refractivity contribution in [2.75, 3.05) is 0 Å². The van der Waals surface area contributed by atoms with Crippen molar-refractivity contribution in [3.8, 4) is 0 Å². The molecule has 0 heterocycles. The Morgan fingerprint density at radius 2 is 2.27 bits per heavy atom. The fraction of sp³-hybridized carbons (Fsp3) is 0.429. The summed E-state index contributed by atoms with van der Waals surface area (Å²) < 4.78 is 0.702. The summed E-state index contributed by atoms with van der Waals surface area (Å²) >= 11 is 3.18. The lowest BCUT2D eigenvalue weighted by Gasteiger charge is -2.07. The zero-order chi connectivity index (χ0) is 8.43. The van der Waals surface area contributed by atoms with Crippen LogP contribution in [0.1, 0.15) is 19.8 Å². The first-order valence-electron chi connectivity index (χ1n) is 3.31. The first kappa shape index (κ1) is 8.46. The highest BCUT2D eigenvalue weighted by molar-refractivity contribution is 9.11. The molecule has 0 aromatic rings. The van der Waals surface area contributed by atoms with Gasteiger partial charge in [0.1, 0.15) is 0 Å². The molecular formula is C7H8BrNO2. The van der Waals surface area contributed by atoms with Gasteiger partial charge < -0.3 is 0 Å². The SMILES string of the molecule is CC1=CC([N+](=O)[O-])=C(Br)CC1. The summed E-state index contributed by atoms with van der Waals surface area (Å²) in [6.45, 7) is 1.91. The Morgan fingerprint density at radius 1 is 1.64 bits per heavy atom. The molecular weight excluding hydrogens is 210 g/mol. The van der Waals surface area contributed by atoms with Gasteiger partial charge in [-0.25, -0.2) is 0 Å². The average molecular weight is 218 g/mol. The van der Waals surface area contributed by atoms with E-state index in [1.807, 2.05) is 6.92 Å². The number of nitro groups is 1. The first-order valence-corrected chi connectivity index (χ1v) is 4.11. The van der Waals surface area contributed by atoms with E-state index in [-0.39, 0.29) is 10.6 Å². The van der Waals surface area contributed by atoms with Crippen LogP contribution < -0.4 is 0 Å². The third kappa shape index (κ3) is 1.89. The first-order chi connectivity index (χ1) is 5.11. The lowest BCUT2D eigenvalue weighted by molar-refractivity contribution is -0.419. The summed E-state index contributed by atoms with van der Waals surface area (Å²) in [7, 11) is 0. The predicted molar refractivity (Wildman–Crippen MR) is 45.9 cm³/mol. The second-order valence-electron chi connectivity index (χ2n) is 2.54. The fourth-order valence-corrected chi connectivity index (χ4v) is 1.43. The van der Waals surface area contributed by atoms with E-state index in [2.05, 4.69) is 15.9 Å². The molecule has 1 aliphatic carbocycles. The normalized spacial score (nSPS) is 18.2. The molecule has 4 heteroatoms. The Labute approximate surface area is 73.1 Å². The van der Waals surface area contributed by atoms with Crippen LogP contribution in [0.25, 0.3) is 0 Å². The Balaban J connectivity index is 2.98. The molecule has 0 atom stereocenters. The smallest absolute Gasteiger partial charge is 0.258 e. The van der Waals surface area contributed by atoms with Gasteiger partial charge in [0.25, 0.3) is 5.70 Å². The van der Waals surface area contributed by atoms with Crippen LogP contribution in [0.2, 0.25) is 0 Å². The molecule has 0 saturated carbocycles. The van der Waals surface area contributed by atoms with Crippen molar-refractivity contribution in [3.63, 3.8) is 0 Å². The van der Waals surface area contributed by atoms with Gasteiger partial charge in [-0.2, -0.15) is 0 Å². The highest BCUT2D eigenvalue weighted by Gasteiger charge is 2.17. The maximum Gasteiger partial charge on any atom is 0.279 e. The van der Waals surface area contributed by atoms with Crippen LogP contribution in [0.5, 0.6) is 0 Å². The van der Waals surface area contributed by atoms with E-state index in [0.29, 0.717) is 4.48 Å². The van der Waals surface area contributed by atoms with E-state index < -0.39 is 0 Å². The minimum atomic E-state index is -0.354. The van der Waals surface area contributed by atoms with Crippen LogP contribution in [0.15, 0.2) is 21.8 Å². The molecule has 0 aliphatic heterocycles. The maximum atomic E-state index is 10.4. The van der Waals surface area contributed by atoms with Gasteiger partial charge in [0.05, 0.1) is 9.41 Å². The molecule has 1 aliphatic rings. The van der Waals surface area contributed by atoms with Crippen LogP contribution in [-0.2, 0) is 0 Å². The Morgan fingerprint density at radius 3 is 2.73 bits per heavy atom. The van der Waals surface area contributed by atoms with Gasteiger partial charge in [0, 0.05) is 6.08 Å². The van der Waals surface area contributed by atoms with Gasteiger partial charge >= 0.3 is 0 Å². The van der Waals surface area contributed by atoms with E-state index >= 15 is 0 Å². The summed E-state index contributed by atoms with van der Waals surface area (Å²) in [6.07, 6.45) is 3.28. The molecule has 0 aromatic carbocycles. The number of nitrogens with zero attached hydrogens (tertiary/aromatic N) is 1. The second kappa shape index (κ2) is 3.17. The summed E-state index contributed by atoms with van der Waals surface area (Å²) in [5, 5.41) is 10.4. The topological polar surface area (TPSA) is 43.1 Å². The molecule has 0 aromatic heterocycles. The molecule has 60 valence electrons. The number of halogens is 1. The molecule has 0 bridgehead atoms. The Bertz CT molecular complexity index is 255. The van der Waals surface area contributed by atoms with Crippen LogP contribution in [0.4, 0.5) is 0 Å². The third-order valence-corrected chi connectivity index (χ3v) is 2.40. The van der Waals surface area contributed by atoms with E-state index in [0.717, 1.165) is 18.4 Å². The minimum Gasteiger partial charge on any atom is -0.258 e. The fourth-order valence-electron chi connectivity index (χ4n) is 0.971. The van der Waals surface area contributed by atoms with Crippen molar-refractivity contribution in [1.82, 2.24) is 0 Å². The average Bonchev–Trinajstić information content (AvgIpc) is 1.94. The largest absolute Gasteiger partial charge is 0.279 e. The summed E-state index contributed by atoms with van der Waals surface area (Å²) in [6, 6.07) is 0. The summed E-state index contributed by atoms with van der Waals surface area (Å²) in [5.74, 6) is 0. The standard InChI is InChI=1S/C7H8BrNO2/c1-5-2-3-6(8)7(4-5)9(10)11/h4H,2-3H2,1H3. The van der Waals surface area contributed by atoms with Crippen molar-refractivity contribution in [1.29, 1.82) is 0 Å². The van der Waals surface area contributed by atoms with Gasteiger partial charge in [-0.05, 0) is 35.7 Å². The zero-order valence-corrected chi connectivity index (χ0v) is 7.72. The monoisotopic (exact) mass is 217 g/mol. The van der Waals surface area contributed by atoms with E-state index in [4.69, 9.17) is 0 Å². The van der Waals surface area contributed by atoms with Crippen molar-refractivity contribution >= 4 is 15.9 Å². The highest BCUT2D eigenvalue weighted by atomic mass is 79.9. The van der Waals surface area contributed by atoms with Gasteiger partial charge in [0.2, 0.25) is 0 Å². The van der Waals surface area contributed by atoms with Crippen LogP contribution in [-0.4, -0.2) is 4.92 Å². The number of hydrogen-bond donors (Lipinski definition) is 0. The van der Waals surface area contributed by atoms with Gasteiger partial charge in [-0.15, -0.1) is 0 Å². The highest BCUT2D eigenvalue weighted by Crippen LogP contribution is 2.27. The summed E-state index contributed by atoms with van der Waals surface area (Å²) in [5.41, 5.74) is 1.27. The third-order valence-electron chi connectivity index (χ3n) is 1.60. The number of hydrogen-bond acceptors (Lipinski definition) is 2. The molecule has 0 fully saturated rings. The van der Waals surface area contributed by atoms with Gasteiger partial charge in [-0.1, -0.05) is 5.57 Å². The molecule has 1 rings (SSSR count). The lowest BCUT2D eigenvalue weighted by Crippen LogP contribution is -2.02. The number of allylic oxidation sites excluding steroid dienone is 3. The molecule has 11 heavy (non-hydrogen) atoms. The van der Waals surface area contributed by atoms with Gasteiger partial charge in [0.15, 0.2) is 0 Å². The van der Waals surface area contributed by atoms with Crippen LogP contribution >= 0.6 is 15.9 Å². The van der Waals surface area contributed by atoms with Gasteiger partial charge in [-0.3, -0.25) is 10.1 Å². The van der Waals surface area contributed by atoms with E-state index in [1.165, 1.54) is 0 Å². The molecule has 0 amide bonds. The second-order valence-corrected chi connectivity index (χ2v) is 3.50. The maximum absolute atomic E-state index is 10.4. The van der Waals surface area contributed by atoms with Crippen LogP contribution in [0.3, 0.4) is 0 Å². The van der Waals surface area contributed by atoms with E-state index in [1.54, 1.807) is 6.08 Å². The minimum absolute atomic E-state index is 0.203. The van der Waals surface area contributed by atoms with Crippen molar-refractivity contribution in [2.24, 2.45) is 0 Å². The quantitative estimate of drug-likeness (QED) is 0.501. The Hall–Kier alpha value is -0.640. The molecule has 0 radical (unpaired) electrons. The van der Waals surface area contributed by atoms with Crippen LogP contribution in [0, 0.1) is 10.1 Å². The molecule has 3 nitrogen and oxygen atoms in total.